The van der Waals surface area contributed by atoms with Crippen molar-refractivity contribution in [2.24, 2.45) is 4.99 Å². The lowest BCUT2D eigenvalue weighted by Gasteiger charge is -2.13. The Morgan fingerprint density at radius 1 is 0.947 bits per heavy atom. The number of esters is 2. The van der Waals surface area contributed by atoms with Crippen LogP contribution in [0.5, 0.6) is 23.0 Å². The molecule has 196 valence electrons. The highest BCUT2D eigenvalue weighted by Gasteiger charge is 2.27. The van der Waals surface area contributed by atoms with Crippen molar-refractivity contribution in [1.82, 2.24) is 0 Å². The van der Waals surface area contributed by atoms with E-state index >= 15 is 0 Å². The summed E-state index contributed by atoms with van der Waals surface area (Å²) in [4.78, 5) is 30.0. The second kappa shape index (κ2) is 11.8. The van der Waals surface area contributed by atoms with E-state index in [0.717, 1.165) is 0 Å². The molecule has 0 aromatic heterocycles. The van der Waals surface area contributed by atoms with Crippen LogP contribution in [0.4, 0.5) is 0 Å². The van der Waals surface area contributed by atoms with Gasteiger partial charge in [-0.25, -0.2) is 14.6 Å². The third-order valence-electron chi connectivity index (χ3n) is 5.21. The number of nitrogens with zero attached hydrogens (tertiary/aromatic N) is 1. The Bertz CT molecular complexity index is 1500. The molecule has 0 saturated heterocycles. The Balaban J connectivity index is 1.74. The van der Waals surface area contributed by atoms with Crippen molar-refractivity contribution in [3.05, 3.63) is 83.8 Å². The van der Waals surface area contributed by atoms with Crippen molar-refractivity contribution in [2.75, 3.05) is 21.3 Å². The minimum absolute atomic E-state index is 0.0272. The van der Waals surface area contributed by atoms with E-state index in [1.54, 1.807) is 24.3 Å². The molecular formula is C26H17Br2Cl2NO7. The van der Waals surface area contributed by atoms with E-state index in [9.17, 15) is 9.59 Å². The van der Waals surface area contributed by atoms with Crippen molar-refractivity contribution in [2.45, 2.75) is 0 Å². The van der Waals surface area contributed by atoms with E-state index in [-0.39, 0.29) is 27.9 Å². The number of methoxy groups -OCH3 is 3. The van der Waals surface area contributed by atoms with E-state index in [0.29, 0.717) is 42.3 Å². The van der Waals surface area contributed by atoms with Crippen molar-refractivity contribution in [3.8, 4) is 23.0 Å². The van der Waals surface area contributed by atoms with Gasteiger partial charge in [-0.3, -0.25) is 0 Å². The smallest absolute Gasteiger partial charge is 0.363 e. The van der Waals surface area contributed by atoms with Gasteiger partial charge in [-0.05, 0) is 64.5 Å². The van der Waals surface area contributed by atoms with Gasteiger partial charge in [0.2, 0.25) is 11.6 Å². The number of cyclic esters (lactones) is 1. The maximum atomic E-state index is 12.9. The van der Waals surface area contributed by atoms with E-state index < -0.39 is 11.9 Å². The molecule has 1 heterocycles. The fourth-order valence-corrected chi connectivity index (χ4v) is 5.31. The molecule has 0 bridgehead atoms. The summed E-state index contributed by atoms with van der Waals surface area (Å²) in [6.45, 7) is 0. The lowest BCUT2D eigenvalue weighted by molar-refractivity contribution is -0.129. The highest BCUT2D eigenvalue weighted by atomic mass is 79.9. The molecule has 0 fully saturated rings. The summed E-state index contributed by atoms with van der Waals surface area (Å²) in [7, 11) is 4.43. The van der Waals surface area contributed by atoms with Gasteiger partial charge >= 0.3 is 11.9 Å². The maximum Gasteiger partial charge on any atom is 0.363 e. The molecular weight excluding hydrogens is 669 g/mol. The van der Waals surface area contributed by atoms with Crippen LogP contribution in [0, 0.1) is 0 Å². The average molecular weight is 686 g/mol. The Labute approximate surface area is 244 Å². The van der Waals surface area contributed by atoms with Gasteiger partial charge < -0.3 is 23.7 Å². The molecule has 0 saturated carbocycles. The number of hydrogen-bond donors (Lipinski definition) is 0. The first kappa shape index (κ1) is 28.0. The van der Waals surface area contributed by atoms with Crippen LogP contribution in [-0.4, -0.2) is 39.2 Å². The maximum absolute atomic E-state index is 12.9. The summed E-state index contributed by atoms with van der Waals surface area (Å²) in [5.41, 5.74) is 0.885. The molecule has 0 spiro atoms. The number of benzene rings is 3. The van der Waals surface area contributed by atoms with E-state index in [2.05, 4.69) is 36.9 Å². The zero-order valence-electron chi connectivity index (χ0n) is 19.9. The van der Waals surface area contributed by atoms with Gasteiger partial charge in [-0.2, -0.15) is 0 Å². The topological polar surface area (TPSA) is 92.7 Å². The van der Waals surface area contributed by atoms with E-state index in [1.807, 2.05) is 0 Å². The molecule has 1 aliphatic heterocycles. The van der Waals surface area contributed by atoms with Gasteiger partial charge in [0.1, 0.15) is 0 Å². The van der Waals surface area contributed by atoms with Crippen LogP contribution in [0.2, 0.25) is 10.0 Å². The molecule has 0 aliphatic carbocycles. The Kier molecular flexibility index (Phi) is 8.67. The molecule has 8 nitrogen and oxygen atoms in total. The quantitative estimate of drug-likeness (QED) is 0.149. The molecule has 1 aliphatic rings. The number of rotatable bonds is 7. The Morgan fingerprint density at radius 3 is 2.24 bits per heavy atom. The van der Waals surface area contributed by atoms with Gasteiger partial charge in [-0.1, -0.05) is 39.1 Å². The fourth-order valence-electron chi connectivity index (χ4n) is 3.48. The molecule has 12 heteroatoms. The molecule has 0 amide bonds. The van der Waals surface area contributed by atoms with Crippen LogP contribution >= 0.6 is 55.1 Å². The van der Waals surface area contributed by atoms with Gasteiger partial charge in [0, 0.05) is 20.6 Å². The third-order valence-corrected chi connectivity index (χ3v) is 6.80. The first-order valence-corrected chi connectivity index (χ1v) is 13.0. The van der Waals surface area contributed by atoms with Crippen molar-refractivity contribution in [1.29, 1.82) is 0 Å². The van der Waals surface area contributed by atoms with Gasteiger partial charge in [0.05, 0.1) is 36.4 Å². The SMILES string of the molecule is COc1cc(C2=N/C(=C\c3cc(Br)cc(Br)c3OC(=O)c3ccc(Cl)cc3Cl)C(=O)O2)cc(OC)c1OC. The zero-order chi connectivity index (χ0) is 27.6. The zero-order valence-corrected chi connectivity index (χ0v) is 24.6. The predicted molar refractivity (Wildman–Crippen MR) is 150 cm³/mol. The van der Waals surface area contributed by atoms with Gasteiger partial charge in [0.25, 0.3) is 0 Å². The molecule has 0 atom stereocenters. The molecule has 4 rings (SSSR count). The highest BCUT2D eigenvalue weighted by Crippen LogP contribution is 2.40. The van der Waals surface area contributed by atoms with Gasteiger partial charge in [-0.15, -0.1) is 0 Å². The lowest BCUT2D eigenvalue weighted by Crippen LogP contribution is -2.10. The summed E-state index contributed by atoms with van der Waals surface area (Å²) < 4.78 is 28.2. The van der Waals surface area contributed by atoms with Crippen molar-refractivity contribution >= 4 is 79.0 Å². The molecule has 3 aromatic carbocycles. The largest absolute Gasteiger partial charge is 0.493 e. The summed E-state index contributed by atoms with van der Waals surface area (Å²) in [6.07, 6.45) is 1.44. The molecule has 0 N–H and O–H groups in total. The molecule has 38 heavy (non-hydrogen) atoms. The number of halogens is 4. The fraction of sp³-hybridized carbons (Fsp3) is 0.115. The summed E-state index contributed by atoms with van der Waals surface area (Å²) in [5.74, 6) is -0.145. The molecule has 0 unspecified atom stereocenters. The summed E-state index contributed by atoms with van der Waals surface area (Å²) >= 11 is 18.9. The van der Waals surface area contributed by atoms with Crippen LogP contribution < -0.4 is 18.9 Å². The second-order valence-corrected chi connectivity index (χ2v) is 10.2. The van der Waals surface area contributed by atoms with Crippen LogP contribution in [0.15, 0.2) is 62.1 Å². The number of hydrogen-bond acceptors (Lipinski definition) is 8. The first-order chi connectivity index (χ1) is 18.1. The average Bonchev–Trinajstić information content (AvgIpc) is 3.24. The van der Waals surface area contributed by atoms with Crippen LogP contribution in [0.25, 0.3) is 6.08 Å². The minimum atomic E-state index is -0.718. The van der Waals surface area contributed by atoms with Crippen LogP contribution in [0.3, 0.4) is 0 Å². The van der Waals surface area contributed by atoms with E-state index in [4.69, 9.17) is 46.9 Å². The van der Waals surface area contributed by atoms with Gasteiger partial charge in [0.15, 0.2) is 22.9 Å². The third kappa shape index (κ3) is 5.83. The summed E-state index contributed by atoms with van der Waals surface area (Å²) in [5, 5.41) is 0.511. The Hall–Kier alpha value is -3.05. The highest BCUT2D eigenvalue weighted by molar-refractivity contribution is 9.11. The number of carbonyl (C=O) groups is 2. The normalized spacial score (nSPS) is 13.7. The van der Waals surface area contributed by atoms with Crippen LogP contribution in [0.1, 0.15) is 21.5 Å². The lowest BCUT2D eigenvalue weighted by atomic mass is 10.1. The standard InChI is InChI=1S/C26H17Br2Cl2NO7/c1-34-20-8-13(9-21(35-2)23(20)36-3)24-31-19(26(33)38-24)7-12-6-14(27)10-17(28)22(12)37-25(32)16-5-4-15(29)11-18(16)30/h4-11H,1-3H3/b19-7-. The molecule has 3 aromatic rings. The number of aliphatic imine (C=N–C) groups is 1. The molecule has 0 radical (unpaired) electrons. The number of ether oxygens (including phenoxy) is 5. The predicted octanol–water partition coefficient (Wildman–Crippen LogP) is 7.11. The first-order valence-electron chi connectivity index (χ1n) is 10.6. The summed E-state index contributed by atoms with van der Waals surface area (Å²) in [6, 6.07) is 11.0. The number of carbonyl (C=O) groups excluding carboxylic acids is 2. The van der Waals surface area contributed by atoms with Crippen molar-refractivity contribution < 1.29 is 33.3 Å². The minimum Gasteiger partial charge on any atom is -0.493 e. The van der Waals surface area contributed by atoms with Crippen molar-refractivity contribution in [3.63, 3.8) is 0 Å². The second-order valence-electron chi connectivity index (χ2n) is 7.57. The van der Waals surface area contributed by atoms with Crippen LogP contribution in [-0.2, 0) is 9.53 Å². The Morgan fingerprint density at radius 2 is 1.63 bits per heavy atom. The van der Waals surface area contributed by atoms with E-state index in [1.165, 1.54) is 45.6 Å². The monoisotopic (exact) mass is 683 g/mol.